The first-order valence-corrected chi connectivity index (χ1v) is 2.73. The fourth-order valence-electron chi connectivity index (χ4n) is 0.180. The Labute approximate surface area is 59.5 Å². The topological polar surface area (TPSA) is 80.4 Å². The number of carboxylic acids is 1. The van der Waals surface area contributed by atoms with Gasteiger partial charge in [0.15, 0.2) is 0 Å². The monoisotopic (exact) mass is 193 g/mol. The number of carboxylic acid groups (broad SMARTS) is 1. The minimum Gasteiger partial charge on any atom is -0.478 e. The molecular formula is C4H4BrNO3. The summed E-state index contributed by atoms with van der Waals surface area (Å²) in [4.78, 5) is 19.9. The van der Waals surface area contributed by atoms with Gasteiger partial charge in [-0.2, -0.15) is 0 Å². The third-order valence-electron chi connectivity index (χ3n) is 0.486. The van der Waals surface area contributed by atoms with E-state index in [1.54, 1.807) is 0 Å². The maximum absolute atomic E-state index is 10.1. The SMILES string of the molecule is NC(=O)/C(Br)=C\C(=O)O. The van der Waals surface area contributed by atoms with Crippen molar-refractivity contribution in [1.82, 2.24) is 0 Å². The Bertz CT molecular complexity index is 175. The van der Waals surface area contributed by atoms with Gasteiger partial charge in [-0.05, 0) is 15.9 Å². The van der Waals surface area contributed by atoms with E-state index >= 15 is 0 Å². The van der Waals surface area contributed by atoms with E-state index in [-0.39, 0.29) is 4.48 Å². The molecule has 0 atom stereocenters. The van der Waals surface area contributed by atoms with Crippen molar-refractivity contribution in [2.45, 2.75) is 0 Å². The van der Waals surface area contributed by atoms with Crippen LogP contribution in [0.15, 0.2) is 10.6 Å². The summed E-state index contributed by atoms with van der Waals surface area (Å²) < 4.78 is -0.144. The van der Waals surface area contributed by atoms with Crippen molar-refractivity contribution >= 4 is 27.8 Å². The van der Waals surface area contributed by atoms with Gasteiger partial charge < -0.3 is 10.8 Å². The predicted octanol–water partition coefficient (Wildman–Crippen LogP) is -0.165. The lowest BCUT2D eigenvalue weighted by Crippen LogP contribution is -2.11. The Morgan fingerprint density at radius 1 is 1.56 bits per heavy atom. The second-order valence-electron chi connectivity index (χ2n) is 1.19. The number of aliphatic carboxylic acids is 1. The predicted molar refractivity (Wildman–Crippen MR) is 33.8 cm³/mol. The van der Waals surface area contributed by atoms with Crippen molar-refractivity contribution in [3.8, 4) is 0 Å². The third kappa shape index (κ3) is 3.72. The Morgan fingerprint density at radius 3 is 2.11 bits per heavy atom. The van der Waals surface area contributed by atoms with Gasteiger partial charge in [-0.3, -0.25) is 4.79 Å². The summed E-state index contributed by atoms with van der Waals surface area (Å²) in [5.41, 5.74) is 4.67. The molecule has 0 aliphatic heterocycles. The summed E-state index contributed by atoms with van der Waals surface area (Å²) in [7, 11) is 0. The highest BCUT2D eigenvalue weighted by Gasteiger charge is 2.00. The molecule has 0 aromatic heterocycles. The number of nitrogens with two attached hydrogens (primary N) is 1. The number of hydrogen-bond donors (Lipinski definition) is 2. The number of primary amides is 1. The normalized spacial score (nSPS) is 11.0. The molecule has 0 fully saturated rings. The third-order valence-corrected chi connectivity index (χ3v) is 1.11. The minimum atomic E-state index is -1.21. The molecule has 9 heavy (non-hydrogen) atoms. The molecule has 5 heteroatoms. The summed E-state index contributed by atoms with van der Waals surface area (Å²) in [5.74, 6) is -2.00. The highest BCUT2D eigenvalue weighted by molar-refractivity contribution is 9.12. The van der Waals surface area contributed by atoms with Gasteiger partial charge in [-0.25, -0.2) is 4.79 Å². The number of hydrogen-bond acceptors (Lipinski definition) is 2. The number of carbonyl (C=O) groups excluding carboxylic acids is 1. The molecule has 0 aliphatic rings. The zero-order chi connectivity index (χ0) is 7.44. The maximum atomic E-state index is 10.1. The molecule has 50 valence electrons. The summed E-state index contributed by atoms with van der Waals surface area (Å²) in [5, 5.41) is 8.02. The molecule has 1 amide bonds. The van der Waals surface area contributed by atoms with Crippen molar-refractivity contribution < 1.29 is 14.7 Å². The summed E-state index contributed by atoms with van der Waals surface area (Å²) >= 11 is 2.65. The molecule has 0 radical (unpaired) electrons. The molecule has 0 saturated carbocycles. The van der Waals surface area contributed by atoms with E-state index in [0.29, 0.717) is 6.08 Å². The average molecular weight is 194 g/mol. The second-order valence-corrected chi connectivity index (χ2v) is 2.05. The highest BCUT2D eigenvalue weighted by atomic mass is 79.9. The van der Waals surface area contributed by atoms with Gasteiger partial charge in [0.2, 0.25) is 0 Å². The van der Waals surface area contributed by atoms with E-state index in [2.05, 4.69) is 21.7 Å². The molecule has 4 nitrogen and oxygen atoms in total. The van der Waals surface area contributed by atoms with Crippen LogP contribution in [-0.4, -0.2) is 17.0 Å². The van der Waals surface area contributed by atoms with Crippen LogP contribution in [0.3, 0.4) is 0 Å². The first-order chi connectivity index (χ1) is 4.04. The second kappa shape index (κ2) is 3.24. The molecule has 0 spiro atoms. The van der Waals surface area contributed by atoms with Crippen molar-refractivity contribution in [2.24, 2.45) is 5.73 Å². The van der Waals surface area contributed by atoms with E-state index in [1.165, 1.54) is 0 Å². The smallest absolute Gasteiger partial charge is 0.329 e. The lowest BCUT2D eigenvalue weighted by atomic mass is 10.5. The highest BCUT2D eigenvalue weighted by Crippen LogP contribution is 2.01. The molecule has 0 aromatic rings. The van der Waals surface area contributed by atoms with Crippen LogP contribution in [0.25, 0.3) is 0 Å². The quantitative estimate of drug-likeness (QED) is 0.599. The molecule has 0 heterocycles. The van der Waals surface area contributed by atoms with Crippen LogP contribution >= 0.6 is 15.9 Å². The first-order valence-electron chi connectivity index (χ1n) is 1.94. The standard InChI is InChI=1S/C4H4BrNO3/c5-2(4(6)9)1-3(7)8/h1H,(H2,6,9)(H,7,8)/b2-1+. The van der Waals surface area contributed by atoms with Crippen molar-refractivity contribution in [3.05, 3.63) is 10.6 Å². The van der Waals surface area contributed by atoms with Gasteiger partial charge >= 0.3 is 5.97 Å². The van der Waals surface area contributed by atoms with Crippen molar-refractivity contribution in [3.63, 3.8) is 0 Å². The summed E-state index contributed by atoms with van der Waals surface area (Å²) in [6.45, 7) is 0. The Hall–Kier alpha value is -0.840. The maximum Gasteiger partial charge on any atom is 0.329 e. The molecular weight excluding hydrogens is 190 g/mol. The molecule has 0 rings (SSSR count). The minimum absolute atomic E-state index is 0.144. The molecule has 0 saturated heterocycles. The summed E-state index contributed by atoms with van der Waals surface area (Å²) in [6, 6.07) is 0. The molecule has 0 bridgehead atoms. The van der Waals surface area contributed by atoms with Crippen LogP contribution in [0.1, 0.15) is 0 Å². The Balaban J connectivity index is 4.17. The lowest BCUT2D eigenvalue weighted by Gasteiger charge is -1.85. The average Bonchev–Trinajstić information content (AvgIpc) is 1.63. The van der Waals surface area contributed by atoms with Gasteiger partial charge in [0, 0.05) is 6.08 Å². The largest absolute Gasteiger partial charge is 0.478 e. The number of halogens is 1. The zero-order valence-electron chi connectivity index (χ0n) is 4.30. The zero-order valence-corrected chi connectivity index (χ0v) is 5.88. The number of rotatable bonds is 2. The van der Waals surface area contributed by atoms with Crippen molar-refractivity contribution in [2.75, 3.05) is 0 Å². The van der Waals surface area contributed by atoms with Gasteiger partial charge in [0.1, 0.15) is 0 Å². The van der Waals surface area contributed by atoms with Crippen LogP contribution in [0, 0.1) is 0 Å². The van der Waals surface area contributed by atoms with E-state index in [1.807, 2.05) is 0 Å². The van der Waals surface area contributed by atoms with Crippen LogP contribution < -0.4 is 5.73 Å². The van der Waals surface area contributed by atoms with Gasteiger partial charge in [-0.15, -0.1) is 0 Å². The van der Waals surface area contributed by atoms with E-state index in [9.17, 15) is 9.59 Å². The molecule has 0 unspecified atom stereocenters. The fourth-order valence-corrected chi connectivity index (χ4v) is 0.375. The number of amides is 1. The molecule has 0 aromatic carbocycles. The van der Waals surface area contributed by atoms with E-state index < -0.39 is 11.9 Å². The Morgan fingerprint density at radius 2 is 2.00 bits per heavy atom. The van der Waals surface area contributed by atoms with Crippen LogP contribution in [0.4, 0.5) is 0 Å². The van der Waals surface area contributed by atoms with Gasteiger partial charge in [-0.1, -0.05) is 0 Å². The van der Waals surface area contributed by atoms with Gasteiger partial charge in [0.25, 0.3) is 5.91 Å². The van der Waals surface area contributed by atoms with Crippen molar-refractivity contribution in [1.29, 1.82) is 0 Å². The Kier molecular flexibility index (Phi) is 2.94. The lowest BCUT2D eigenvalue weighted by molar-refractivity contribution is -0.131. The van der Waals surface area contributed by atoms with Crippen LogP contribution in [0.5, 0.6) is 0 Å². The molecule has 0 aliphatic carbocycles. The molecule has 3 N–H and O–H groups in total. The number of carbonyl (C=O) groups is 2. The van der Waals surface area contributed by atoms with Gasteiger partial charge in [0.05, 0.1) is 4.48 Å². The van der Waals surface area contributed by atoms with E-state index in [0.717, 1.165) is 0 Å². The van der Waals surface area contributed by atoms with E-state index in [4.69, 9.17) is 5.11 Å². The fraction of sp³-hybridized carbons (Fsp3) is 0. The summed E-state index contributed by atoms with van der Waals surface area (Å²) in [6.07, 6.45) is 0.683. The first kappa shape index (κ1) is 8.16. The van der Waals surface area contributed by atoms with Crippen LogP contribution in [0.2, 0.25) is 0 Å². The van der Waals surface area contributed by atoms with Crippen LogP contribution in [-0.2, 0) is 9.59 Å².